The minimum atomic E-state index is -0.0121. The van der Waals surface area contributed by atoms with Gasteiger partial charge in [0.25, 0.3) is 0 Å². The first kappa shape index (κ1) is 18.4. The summed E-state index contributed by atoms with van der Waals surface area (Å²) in [5.41, 5.74) is 1.18. The Hall–Kier alpha value is -2.64. The van der Waals surface area contributed by atoms with Crippen LogP contribution in [0.1, 0.15) is 36.8 Å². The Kier molecular flexibility index (Phi) is 4.64. The van der Waals surface area contributed by atoms with Gasteiger partial charge in [-0.1, -0.05) is 55.5 Å². The number of aromatic nitrogens is 3. The van der Waals surface area contributed by atoms with E-state index in [-0.39, 0.29) is 11.9 Å². The van der Waals surface area contributed by atoms with E-state index in [2.05, 4.69) is 53.1 Å². The average Bonchev–Trinajstić information content (AvgIpc) is 3.41. The third kappa shape index (κ3) is 3.34. The summed E-state index contributed by atoms with van der Waals surface area (Å²) < 4.78 is 6.93. The molecule has 1 N–H and O–H groups in total. The van der Waals surface area contributed by atoms with Crippen molar-refractivity contribution in [1.82, 2.24) is 19.5 Å². The van der Waals surface area contributed by atoms with Gasteiger partial charge in [0.05, 0.1) is 17.2 Å². The third-order valence-electron chi connectivity index (χ3n) is 5.57. The standard InChI is InChI=1S/C22H24N4O2S/c1-14-11-15(2)13-25(12-14)18(16-7-4-3-5-8-16)19-21(27)26-22(29-19)23-20(24-26)17-9-6-10-28-17/h3-10,14-15,18,27H,11-13H2,1-2H3/t14-,15-,18+/m0/s1. The maximum atomic E-state index is 11.1. The van der Waals surface area contributed by atoms with Gasteiger partial charge in [0, 0.05) is 13.1 Å². The van der Waals surface area contributed by atoms with Crippen LogP contribution in [0.2, 0.25) is 0 Å². The molecule has 7 heteroatoms. The second kappa shape index (κ2) is 7.31. The summed E-state index contributed by atoms with van der Waals surface area (Å²) in [6, 6.07) is 14.0. The minimum absolute atomic E-state index is 0.0121. The molecule has 5 rings (SSSR count). The van der Waals surface area contributed by atoms with Crippen molar-refractivity contribution in [2.75, 3.05) is 13.1 Å². The number of rotatable bonds is 4. The number of fused-ring (bicyclic) bond motifs is 1. The van der Waals surface area contributed by atoms with Crippen LogP contribution in [0.3, 0.4) is 0 Å². The van der Waals surface area contributed by atoms with Gasteiger partial charge in [-0.15, -0.1) is 5.10 Å². The predicted octanol–water partition coefficient (Wildman–Crippen LogP) is 4.82. The summed E-state index contributed by atoms with van der Waals surface area (Å²) >= 11 is 1.50. The van der Waals surface area contributed by atoms with Gasteiger partial charge in [0.15, 0.2) is 5.76 Å². The van der Waals surface area contributed by atoms with Gasteiger partial charge in [0.2, 0.25) is 16.7 Å². The Balaban J connectivity index is 1.59. The van der Waals surface area contributed by atoms with Crippen LogP contribution in [-0.2, 0) is 0 Å². The Morgan fingerprint density at radius 3 is 2.52 bits per heavy atom. The summed E-state index contributed by atoms with van der Waals surface area (Å²) in [6.45, 7) is 6.63. The highest BCUT2D eigenvalue weighted by Gasteiger charge is 2.33. The quantitative estimate of drug-likeness (QED) is 0.524. The lowest BCUT2D eigenvalue weighted by atomic mass is 9.89. The fraction of sp³-hybridized carbons (Fsp3) is 0.364. The van der Waals surface area contributed by atoms with Crippen molar-refractivity contribution in [2.24, 2.45) is 11.8 Å². The second-order valence-corrected chi connectivity index (χ2v) is 9.12. The summed E-state index contributed by atoms with van der Waals surface area (Å²) in [5, 5.41) is 15.6. The van der Waals surface area contributed by atoms with Crippen LogP contribution in [0.5, 0.6) is 5.88 Å². The number of thiazole rings is 1. The second-order valence-electron chi connectivity index (χ2n) is 8.11. The SMILES string of the molecule is C[C@H]1C[C@H](C)CN([C@H](c2ccccc2)c2sc3nc(-c4ccco4)nn3c2O)C1. The molecular weight excluding hydrogens is 384 g/mol. The number of furan rings is 1. The van der Waals surface area contributed by atoms with Crippen molar-refractivity contribution >= 4 is 16.3 Å². The molecule has 3 aromatic heterocycles. The first-order chi connectivity index (χ1) is 14.1. The number of aromatic hydroxyl groups is 1. The van der Waals surface area contributed by atoms with Gasteiger partial charge in [-0.2, -0.15) is 9.50 Å². The van der Waals surface area contributed by atoms with E-state index in [1.54, 1.807) is 12.3 Å². The molecule has 0 amide bonds. The minimum Gasteiger partial charge on any atom is -0.492 e. The van der Waals surface area contributed by atoms with Crippen molar-refractivity contribution in [3.63, 3.8) is 0 Å². The normalized spacial score (nSPS) is 21.6. The van der Waals surface area contributed by atoms with E-state index in [9.17, 15) is 5.11 Å². The van der Waals surface area contributed by atoms with Crippen molar-refractivity contribution in [3.8, 4) is 17.5 Å². The van der Waals surface area contributed by atoms with Crippen LogP contribution < -0.4 is 0 Å². The molecule has 1 fully saturated rings. The molecule has 6 nitrogen and oxygen atoms in total. The molecule has 29 heavy (non-hydrogen) atoms. The Morgan fingerprint density at radius 2 is 1.86 bits per heavy atom. The summed E-state index contributed by atoms with van der Waals surface area (Å²) in [4.78, 5) is 8.64. The molecular formula is C22H24N4O2S. The molecule has 0 aliphatic carbocycles. The molecule has 0 unspecified atom stereocenters. The van der Waals surface area contributed by atoms with Gasteiger partial charge < -0.3 is 9.52 Å². The number of piperidine rings is 1. The number of hydrogen-bond acceptors (Lipinski definition) is 6. The van der Waals surface area contributed by atoms with Crippen molar-refractivity contribution in [2.45, 2.75) is 26.3 Å². The van der Waals surface area contributed by atoms with Gasteiger partial charge in [0.1, 0.15) is 0 Å². The number of benzene rings is 1. The number of nitrogens with zero attached hydrogens (tertiary/aromatic N) is 4. The highest BCUT2D eigenvalue weighted by atomic mass is 32.1. The van der Waals surface area contributed by atoms with Crippen molar-refractivity contribution < 1.29 is 9.52 Å². The van der Waals surface area contributed by atoms with E-state index in [1.165, 1.54) is 27.8 Å². The number of hydrogen-bond donors (Lipinski definition) is 1. The molecule has 3 atom stereocenters. The molecule has 1 saturated heterocycles. The summed E-state index contributed by atoms with van der Waals surface area (Å²) in [6.07, 6.45) is 2.84. The molecule has 150 valence electrons. The zero-order chi connectivity index (χ0) is 20.0. The predicted molar refractivity (Wildman–Crippen MR) is 113 cm³/mol. The molecule has 1 aliphatic rings. The first-order valence-corrected chi connectivity index (χ1v) is 10.8. The van der Waals surface area contributed by atoms with E-state index in [4.69, 9.17) is 4.42 Å². The van der Waals surface area contributed by atoms with E-state index < -0.39 is 0 Å². The molecule has 0 bridgehead atoms. The molecule has 0 saturated carbocycles. The molecule has 0 radical (unpaired) electrons. The van der Waals surface area contributed by atoms with Crippen LogP contribution in [0.25, 0.3) is 16.5 Å². The van der Waals surface area contributed by atoms with Crippen LogP contribution in [0.4, 0.5) is 0 Å². The molecule has 1 aromatic carbocycles. The van der Waals surface area contributed by atoms with E-state index in [1.807, 2.05) is 12.1 Å². The fourth-order valence-electron chi connectivity index (χ4n) is 4.52. The average molecular weight is 409 g/mol. The third-order valence-corrected chi connectivity index (χ3v) is 6.64. The van der Waals surface area contributed by atoms with Crippen molar-refractivity contribution in [3.05, 3.63) is 59.2 Å². The van der Waals surface area contributed by atoms with Crippen molar-refractivity contribution in [1.29, 1.82) is 0 Å². The largest absolute Gasteiger partial charge is 0.492 e. The zero-order valence-electron chi connectivity index (χ0n) is 16.5. The van der Waals surface area contributed by atoms with Crippen LogP contribution >= 0.6 is 11.3 Å². The highest BCUT2D eigenvalue weighted by Crippen LogP contribution is 2.42. The topological polar surface area (TPSA) is 66.8 Å². The molecule has 0 spiro atoms. The smallest absolute Gasteiger partial charge is 0.230 e. The summed E-state index contributed by atoms with van der Waals surface area (Å²) in [7, 11) is 0. The van der Waals surface area contributed by atoms with E-state index in [0.29, 0.717) is 28.4 Å². The lowest BCUT2D eigenvalue weighted by Gasteiger charge is -2.40. The van der Waals surface area contributed by atoms with Gasteiger partial charge in [-0.05, 0) is 36.0 Å². The van der Waals surface area contributed by atoms with Gasteiger partial charge >= 0.3 is 0 Å². The highest BCUT2D eigenvalue weighted by molar-refractivity contribution is 7.17. The van der Waals surface area contributed by atoms with Gasteiger partial charge in [-0.25, -0.2) is 0 Å². The van der Waals surface area contributed by atoms with E-state index in [0.717, 1.165) is 18.0 Å². The Labute approximate surface area is 173 Å². The maximum absolute atomic E-state index is 11.1. The molecule has 4 aromatic rings. The lowest BCUT2D eigenvalue weighted by Crippen LogP contribution is -2.41. The van der Waals surface area contributed by atoms with Crippen LogP contribution in [0.15, 0.2) is 53.1 Å². The molecule has 4 heterocycles. The monoisotopic (exact) mass is 408 g/mol. The van der Waals surface area contributed by atoms with Crippen LogP contribution in [0, 0.1) is 11.8 Å². The lowest BCUT2D eigenvalue weighted by molar-refractivity contribution is 0.112. The maximum Gasteiger partial charge on any atom is 0.230 e. The zero-order valence-corrected chi connectivity index (χ0v) is 17.3. The van der Waals surface area contributed by atoms with E-state index >= 15 is 0 Å². The Morgan fingerprint density at radius 1 is 1.10 bits per heavy atom. The van der Waals surface area contributed by atoms with Gasteiger partial charge in [-0.3, -0.25) is 4.90 Å². The first-order valence-electron chi connectivity index (χ1n) is 10.0. The number of likely N-dealkylation sites (tertiary alicyclic amines) is 1. The summed E-state index contributed by atoms with van der Waals surface area (Å²) in [5.74, 6) is 2.49. The Bertz CT molecular complexity index is 1090. The van der Waals surface area contributed by atoms with Crippen LogP contribution in [-0.4, -0.2) is 37.7 Å². The fourth-order valence-corrected chi connectivity index (χ4v) is 5.64. The molecule has 1 aliphatic heterocycles.